The van der Waals surface area contributed by atoms with Crippen LogP contribution in [0.15, 0.2) is 36.4 Å². The average molecular weight is 357 g/mol. The number of anilines is 1. The Kier molecular flexibility index (Phi) is 5.30. The predicted octanol–water partition coefficient (Wildman–Crippen LogP) is 3.93. The minimum atomic E-state index is -1.19. The summed E-state index contributed by atoms with van der Waals surface area (Å²) in [6.07, 6.45) is -1.19. The zero-order valence-corrected chi connectivity index (χ0v) is 13.0. The van der Waals surface area contributed by atoms with Crippen LogP contribution in [0, 0.1) is 21.7 Å². The molecule has 0 aliphatic heterocycles. The van der Waals surface area contributed by atoms with Crippen LogP contribution in [0.4, 0.5) is 20.2 Å². The van der Waals surface area contributed by atoms with Crippen molar-refractivity contribution in [2.24, 2.45) is 0 Å². The molecule has 9 heteroatoms. The van der Waals surface area contributed by atoms with Gasteiger partial charge in [-0.15, -0.1) is 0 Å². The number of carbonyl (C=O) groups excluding carboxylic acids is 1. The number of amides is 1. The highest BCUT2D eigenvalue weighted by molar-refractivity contribution is 6.33. The summed E-state index contributed by atoms with van der Waals surface area (Å²) in [6, 6.07) is 6.03. The molecular weight excluding hydrogens is 346 g/mol. The zero-order valence-electron chi connectivity index (χ0n) is 12.3. The average Bonchev–Trinajstić information content (AvgIpc) is 2.49. The van der Waals surface area contributed by atoms with Crippen LogP contribution in [0.1, 0.15) is 6.92 Å². The van der Waals surface area contributed by atoms with Gasteiger partial charge in [0.15, 0.2) is 6.10 Å². The van der Waals surface area contributed by atoms with E-state index in [1.165, 1.54) is 13.0 Å². The summed E-state index contributed by atoms with van der Waals surface area (Å²) in [5.41, 5.74) is -0.330. The van der Waals surface area contributed by atoms with E-state index in [0.717, 1.165) is 30.3 Å². The predicted molar refractivity (Wildman–Crippen MR) is 83.2 cm³/mol. The van der Waals surface area contributed by atoms with Crippen molar-refractivity contribution in [3.05, 3.63) is 63.2 Å². The van der Waals surface area contributed by atoms with E-state index in [0.29, 0.717) is 0 Å². The van der Waals surface area contributed by atoms with Crippen molar-refractivity contribution < 1.29 is 23.2 Å². The summed E-state index contributed by atoms with van der Waals surface area (Å²) in [5, 5.41) is 13.3. The summed E-state index contributed by atoms with van der Waals surface area (Å²) in [7, 11) is 0. The molecule has 0 saturated carbocycles. The lowest BCUT2D eigenvalue weighted by molar-refractivity contribution is -0.386. The summed E-state index contributed by atoms with van der Waals surface area (Å²) in [4.78, 5) is 22.2. The van der Waals surface area contributed by atoms with E-state index >= 15 is 0 Å². The maximum atomic E-state index is 13.2. The number of hydrogen-bond donors (Lipinski definition) is 1. The zero-order chi connectivity index (χ0) is 17.9. The van der Waals surface area contributed by atoms with Gasteiger partial charge in [0.2, 0.25) is 5.75 Å². The van der Waals surface area contributed by atoms with Crippen LogP contribution < -0.4 is 10.1 Å². The molecule has 1 N–H and O–H groups in total. The van der Waals surface area contributed by atoms with Gasteiger partial charge in [0.1, 0.15) is 11.6 Å². The highest BCUT2D eigenvalue weighted by Gasteiger charge is 2.22. The van der Waals surface area contributed by atoms with E-state index in [1.54, 1.807) is 0 Å². The molecule has 6 nitrogen and oxygen atoms in total. The maximum Gasteiger partial charge on any atom is 0.311 e. The third kappa shape index (κ3) is 4.17. The van der Waals surface area contributed by atoms with Crippen molar-refractivity contribution >= 4 is 28.9 Å². The summed E-state index contributed by atoms with van der Waals surface area (Å²) >= 11 is 5.79. The van der Waals surface area contributed by atoms with Crippen LogP contribution in [0.2, 0.25) is 5.02 Å². The molecule has 1 amide bonds. The van der Waals surface area contributed by atoms with Crippen molar-refractivity contribution in [2.75, 3.05) is 5.32 Å². The lowest BCUT2D eigenvalue weighted by atomic mass is 10.2. The van der Waals surface area contributed by atoms with E-state index in [-0.39, 0.29) is 16.5 Å². The number of halogens is 3. The molecular formula is C15H11ClF2N2O4. The molecule has 0 saturated heterocycles. The minimum absolute atomic E-state index is 0.0210. The van der Waals surface area contributed by atoms with E-state index in [4.69, 9.17) is 16.3 Å². The number of carbonyl (C=O) groups is 1. The quantitative estimate of drug-likeness (QED) is 0.650. The van der Waals surface area contributed by atoms with Crippen molar-refractivity contribution in [2.45, 2.75) is 13.0 Å². The number of rotatable bonds is 5. The van der Waals surface area contributed by atoms with E-state index < -0.39 is 34.3 Å². The Bertz CT molecular complexity index is 801. The topological polar surface area (TPSA) is 81.5 Å². The van der Waals surface area contributed by atoms with Gasteiger partial charge in [-0.3, -0.25) is 14.9 Å². The molecule has 24 heavy (non-hydrogen) atoms. The van der Waals surface area contributed by atoms with Crippen molar-refractivity contribution in [1.29, 1.82) is 0 Å². The number of nitro benzene ring substituents is 1. The molecule has 0 aliphatic rings. The van der Waals surface area contributed by atoms with E-state index in [9.17, 15) is 23.7 Å². The number of nitrogens with zero attached hydrogens (tertiary/aromatic N) is 1. The third-order valence-corrected chi connectivity index (χ3v) is 3.29. The van der Waals surface area contributed by atoms with Crippen molar-refractivity contribution in [3.8, 4) is 5.75 Å². The number of hydrogen-bond acceptors (Lipinski definition) is 4. The first-order valence-electron chi connectivity index (χ1n) is 6.64. The summed E-state index contributed by atoms with van der Waals surface area (Å²) in [6.45, 7) is 1.32. The molecule has 0 fully saturated rings. The van der Waals surface area contributed by atoms with Crippen LogP contribution in [0.25, 0.3) is 0 Å². The van der Waals surface area contributed by atoms with Gasteiger partial charge in [0.05, 0.1) is 15.6 Å². The Labute approximate surface area is 140 Å². The summed E-state index contributed by atoms with van der Waals surface area (Å²) < 4.78 is 31.4. The van der Waals surface area contributed by atoms with Crippen LogP contribution in [0.5, 0.6) is 5.75 Å². The highest BCUT2D eigenvalue weighted by Crippen LogP contribution is 2.29. The SMILES string of the molecule is C[C@H](Oc1cc(F)ccc1[N+](=O)[O-])C(=O)Nc1ccc(F)cc1Cl. The van der Waals surface area contributed by atoms with E-state index in [1.807, 2.05) is 0 Å². The van der Waals surface area contributed by atoms with Crippen LogP contribution in [-0.2, 0) is 4.79 Å². The highest BCUT2D eigenvalue weighted by atomic mass is 35.5. The maximum absolute atomic E-state index is 13.2. The van der Waals surface area contributed by atoms with E-state index in [2.05, 4.69) is 5.32 Å². The number of nitrogens with one attached hydrogen (secondary N) is 1. The lowest BCUT2D eigenvalue weighted by Gasteiger charge is -2.15. The van der Waals surface area contributed by atoms with Gasteiger partial charge in [-0.25, -0.2) is 8.78 Å². The molecule has 2 rings (SSSR count). The fraction of sp³-hybridized carbons (Fsp3) is 0.133. The van der Waals surface area contributed by atoms with Gasteiger partial charge in [0, 0.05) is 12.1 Å². The molecule has 0 radical (unpaired) electrons. The molecule has 0 aliphatic carbocycles. The number of ether oxygens (including phenoxy) is 1. The molecule has 0 bridgehead atoms. The second kappa shape index (κ2) is 7.22. The third-order valence-electron chi connectivity index (χ3n) is 2.98. The molecule has 2 aromatic rings. The molecule has 0 aromatic heterocycles. The molecule has 0 spiro atoms. The lowest BCUT2D eigenvalue weighted by Crippen LogP contribution is -2.30. The fourth-order valence-electron chi connectivity index (χ4n) is 1.80. The van der Waals surface area contributed by atoms with Gasteiger partial charge in [-0.05, 0) is 31.2 Å². The van der Waals surface area contributed by atoms with Gasteiger partial charge in [-0.1, -0.05) is 11.6 Å². The standard InChI is InChI=1S/C15H11ClF2N2O4/c1-8(15(21)19-12-4-2-9(17)6-11(12)16)24-14-7-10(18)3-5-13(14)20(22)23/h2-8H,1H3,(H,19,21)/t8-/m0/s1. The van der Waals surface area contributed by atoms with Crippen molar-refractivity contribution in [3.63, 3.8) is 0 Å². The molecule has 0 unspecified atom stereocenters. The van der Waals surface area contributed by atoms with Gasteiger partial charge in [0.25, 0.3) is 5.91 Å². The molecule has 2 aromatic carbocycles. The molecule has 0 heterocycles. The largest absolute Gasteiger partial charge is 0.474 e. The van der Waals surface area contributed by atoms with Crippen LogP contribution in [-0.4, -0.2) is 16.9 Å². The molecule has 126 valence electrons. The Morgan fingerprint density at radius 2 is 1.88 bits per heavy atom. The second-order valence-corrected chi connectivity index (χ2v) is 5.15. The monoisotopic (exact) mass is 356 g/mol. The van der Waals surface area contributed by atoms with Gasteiger partial charge >= 0.3 is 5.69 Å². The smallest absolute Gasteiger partial charge is 0.311 e. The first-order valence-corrected chi connectivity index (χ1v) is 7.02. The normalized spacial score (nSPS) is 11.7. The number of benzene rings is 2. The Hall–Kier alpha value is -2.74. The van der Waals surface area contributed by atoms with Gasteiger partial charge < -0.3 is 10.1 Å². The van der Waals surface area contributed by atoms with Crippen molar-refractivity contribution in [1.82, 2.24) is 0 Å². The Morgan fingerprint density at radius 3 is 2.50 bits per heavy atom. The minimum Gasteiger partial charge on any atom is -0.474 e. The van der Waals surface area contributed by atoms with Crippen LogP contribution >= 0.6 is 11.6 Å². The summed E-state index contributed by atoms with van der Waals surface area (Å²) in [5.74, 6) is -2.39. The number of nitro groups is 1. The molecule has 1 atom stereocenters. The fourth-order valence-corrected chi connectivity index (χ4v) is 2.02. The first-order chi connectivity index (χ1) is 11.3. The Morgan fingerprint density at radius 1 is 1.25 bits per heavy atom. The van der Waals surface area contributed by atoms with Gasteiger partial charge in [-0.2, -0.15) is 0 Å². The first kappa shape index (κ1) is 17.6. The van der Waals surface area contributed by atoms with Crippen LogP contribution in [0.3, 0.4) is 0 Å². The second-order valence-electron chi connectivity index (χ2n) is 4.74. The Balaban J connectivity index is 2.14.